The Labute approximate surface area is 189 Å². The van der Waals surface area contributed by atoms with E-state index in [2.05, 4.69) is 76.5 Å². The summed E-state index contributed by atoms with van der Waals surface area (Å²) in [6, 6.07) is 25.3. The van der Waals surface area contributed by atoms with Crippen molar-refractivity contribution in [1.29, 1.82) is 0 Å². The van der Waals surface area contributed by atoms with E-state index in [1.54, 1.807) is 12.5 Å². The molecule has 0 spiro atoms. The van der Waals surface area contributed by atoms with Crippen LogP contribution in [0.4, 0.5) is 0 Å². The maximum absolute atomic E-state index is 4.77. The highest BCUT2D eigenvalue weighted by atomic mass is 32.1. The van der Waals surface area contributed by atoms with Crippen molar-refractivity contribution in [2.75, 3.05) is 0 Å². The summed E-state index contributed by atoms with van der Waals surface area (Å²) < 4.78 is 2.58. The van der Waals surface area contributed by atoms with Crippen molar-refractivity contribution in [3.05, 3.63) is 97.1 Å². The van der Waals surface area contributed by atoms with Crippen LogP contribution in [0, 0.1) is 6.92 Å². The Bertz CT molecular complexity index is 1570. The minimum Gasteiger partial charge on any atom is -0.264 e. The molecule has 0 bridgehead atoms. The fourth-order valence-corrected chi connectivity index (χ4v) is 5.13. The van der Waals surface area contributed by atoms with Gasteiger partial charge in [-0.15, -0.1) is 11.3 Å². The highest BCUT2D eigenvalue weighted by Crippen LogP contribution is 2.36. The molecule has 152 valence electrons. The number of thiophene rings is 1. The van der Waals surface area contributed by atoms with Gasteiger partial charge in [-0.3, -0.25) is 4.98 Å². The zero-order chi connectivity index (χ0) is 21.5. The fourth-order valence-electron chi connectivity index (χ4n) is 3.94. The summed E-state index contributed by atoms with van der Waals surface area (Å²) in [7, 11) is 0. The Morgan fingerprint density at radius 3 is 2.25 bits per heavy atom. The number of rotatable bonds is 3. The molecule has 3 heterocycles. The summed E-state index contributed by atoms with van der Waals surface area (Å²) in [5.41, 5.74) is 5.43. The number of aromatic nitrogens is 4. The predicted octanol–water partition coefficient (Wildman–Crippen LogP) is 6.94. The van der Waals surface area contributed by atoms with Crippen LogP contribution in [0.3, 0.4) is 0 Å². The van der Waals surface area contributed by atoms with Gasteiger partial charge in [0.25, 0.3) is 0 Å². The molecule has 32 heavy (non-hydrogen) atoms. The van der Waals surface area contributed by atoms with Crippen molar-refractivity contribution < 1.29 is 0 Å². The largest absolute Gasteiger partial charge is 0.264 e. The zero-order valence-electron chi connectivity index (χ0n) is 17.4. The first-order valence-corrected chi connectivity index (χ1v) is 11.2. The molecule has 0 aliphatic carbocycles. The monoisotopic (exact) mass is 430 g/mol. The van der Waals surface area contributed by atoms with Gasteiger partial charge in [0.2, 0.25) is 0 Å². The third-order valence-corrected chi connectivity index (χ3v) is 6.73. The summed E-state index contributed by atoms with van der Waals surface area (Å²) in [6.07, 6.45) is 5.23. The van der Waals surface area contributed by atoms with Gasteiger partial charge in [-0.05, 0) is 53.9 Å². The predicted molar refractivity (Wildman–Crippen MR) is 132 cm³/mol. The molecule has 3 aromatic carbocycles. The highest BCUT2D eigenvalue weighted by Gasteiger charge is 2.10. The van der Waals surface area contributed by atoms with E-state index in [1.165, 1.54) is 25.7 Å². The van der Waals surface area contributed by atoms with Gasteiger partial charge >= 0.3 is 0 Å². The Morgan fingerprint density at radius 1 is 0.656 bits per heavy atom. The Morgan fingerprint density at radius 2 is 1.44 bits per heavy atom. The second-order valence-corrected chi connectivity index (χ2v) is 8.85. The molecule has 6 rings (SSSR count). The number of hydrogen-bond donors (Lipinski definition) is 0. The molecule has 0 N–H and O–H groups in total. The molecule has 0 saturated heterocycles. The van der Waals surface area contributed by atoms with Crippen LogP contribution in [0.5, 0.6) is 0 Å². The molecule has 0 aliphatic heterocycles. The summed E-state index contributed by atoms with van der Waals surface area (Å²) in [5, 5.41) is 2.52. The molecule has 0 amide bonds. The molecule has 5 heteroatoms. The summed E-state index contributed by atoms with van der Waals surface area (Å²) in [4.78, 5) is 17.8. The molecule has 0 unspecified atom stereocenters. The average Bonchev–Trinajstić information content (AvgIpc) is 3.21. The number of benzene rings is 3. The molecule has 0 saturated carbocycles. The highest BCUT2D eigenvalue weighted by molar-refractivity contribution is 7.25. The normalized spacial score (nSPS) is 11.3. The molecule has 0 radical (unpaired) electrons. The SMILES string of the molecule is Cc1ccc2c(c1)sc1ccc(-c3ncnc(-c4ccc(-c5cccnc5)cc4)n3)cc12. The fraction of sp³-hybridized carbons (Fsp3) is 0.0370. The Hall–Kier alpha value is -3.96. The third kappa shape index (κ3) is 3.33. The molecule has 0 atom stereocenters. The van der Waals surface area contributed by atoms with Crippen LogP contribution in [0.1, 0.15) is 5.56 Å². The van der Waals surface area contributed by atoms with Crippen LogP contribution >= 0.6 is 11.3 Å². The maximum Gasteiger partial charge on any atom is 0.163 e. The molecule has 0 aliphatic rings. The van der Waals surface area contributed by atoms with Crippen molar-refractivity contribution in [1.82, 2.24) is 19.9 Å². The second-order valence-electron chi connectivity index (χ2n) is 7.76. The summed E-state index contributed by atoms with van der Waals surface area (Å²) in [5.74, 6) is 1.35. The van der Waals surface area contributed by atoms with Crippen molar-refractivity contribution >= 4 is 31.5 Å². The molecule has 3 aromatic heterocycles. The lowest BCUT2D eigenvalue weighted by Gasteiger charge is -2.05. The van der Waals surface area contributed by atoms with E-state index in [9.17, 15) is 0 Å². The number of nitrogens with zero attached hydrogens (tertiary/aromatic N) is 4. The zero-order valence-corrected chi connectivity index (χ0v) is 18.2. The molecule has 6 aromatic rings. The van der Waals surface area contributed by atoms with Gasteiger partial charge in [0.05, 0.1) is 0 Å². The quantitative estimate of drug-likeness (QED) is 0.305. The van der Waals surface area contributed by atoms with Crippen LogP contribution in [0.2, 0.25) is 0 Å². The molecular formula is C27H18N4S. The van der Waals surface area contributed by atoms with Crippen LogP contribution in [-0.2, 0) is 0 Å². The van der Waals surface area contributed by atoms with E-state index < -0.39 is 0 Å². The lowest BCUT2D eigenvalue weighted by molar-refractivity contribution is 1.07. The van der Waals surface area contributed by atoms with Gasteiger partial charge in [-0.1, -0.05) is 42.5 Å². The smallest absolute Gasteiger partial charge is 0.163 e. The maximum atomic E-state index is 4.77. The lowest BCUT2D eigenvalue weighted by Crippen LogP contribution is -1.95. The van der Waals surface area contributed by atoms with Gasteiger partial charge in [-0.25, -0.2) is 15.0 Å². The van der Waals surface area contributed by atoms with E-state index >= 15 is 0 Å². The van der Waals surface area contributed by atoms with E-state index in [1.807, 2.05) is 35.7 Å². The first kappa shape index (κ1) is 18.8. The van der Waals surface area contributed by atoms with Crippen LogP contribution in [-0.4, -0.2) is 19.9 Å². The van der Waals surface area contributed by atoms with Crippen molar-refractivity contribution in [2.24, 2.45) is 0 Å². The van der Waals surface area contributed by atoms with Crippen molar-refractivity contribution in [3.8, 4) is 33.9 Å². The second kappa shape index (κ2) is 7.62. The summed E-state index contributed by atoms with van der Waals surface area (Å²) in [6.45, 7) is 2.13. The van der Waals surface area contributed by atoms with Gasteiger partial charge < -0.3 is 0 Å². The molecule has 0 fully saturated rings. The van der Waals surface area contributed by atoms with E-state index in [4.69, 9.17) is 4.98 Å². The van der Waals surface area contributed by atoms with E-state index in [0.29, 0.717) is 11.6 Å². The minimum absolute atomic E-state index is 0.665. The van der Waals surface area contributed by atoms with Crippen molar-refractivity contribution in [2.45, 2.75) is 6.92 Å². The third-order valence-electron chi connectivity index (χ3n) is 5.59. The summed E-state index contributed by atoms with van der Waals surface area (Å²) >= 11 is 1.82. The number of hydrogen-bond acceptors (Lipinski definition) is 5. The minimum atomic E-state index is 0.665. The van der Waals surface area contributed by atoms with Crippen molar-refractivity contribution in [3.63, 3.8) is 0 Å². The number of pyridine rings is 1. The number of fused-ring (bicyclic) bond motifs is 3. The standard InChI is InChI=1S/C27H18N4S/c1-17-4-10-22-23-14-20(9-11-24(23)32-25(22)13-17)27-30-16-29-26(31-27)19-7-5-18(6-8-19)21-3-2-12-28-15-21/h2-16H,1H3. The van der Waals surface area contributed by atoms with Crippen LogP contribution in [0.25, 0.3) is 54.1 Å². The van der Waals surface area contributed by atoms with Gasteiger partial charge in [0, 0.05) is 43.7 Å². The number of aryl methyl sites for hydroxylation is 1. The first-order valence-electron chi connectivity index (χ1n) is 10.4. The van der Waals surface area contributed by atoms with E-state index in [-0.39, 0.29) is 0 Å². The molecule has 4 nitrogen and oxygen atoms in total. The Kier molecular flexibility index (Phi) is 4.47. The van der Waals surface area contributed by atoms with Gasteiger partial charge in [-0.2, -0.15) is 0 Å². The van der Waals surface area contributed by atoms with E-state index in [0.717, 1.165) is 22.3 Å². The van der Waals surface area contributed by atoms with Crippen LogP contribution < -0.4 is 0 Å². The molecular weight excluding hydrogens is 412 g/mol. The van der Waals surface area contributed by atoms with Gasteiger partial charge in [0.15, 0.2) is 11.6 Å². The van der Waals surface area contributed by atoms with Crippen LogP contribution in [0.15, 0.2) is 91.5 Å². The lowest BCUT2D eigenvalue weighted by atomic mass is 10.1. The Balaban J connectivity index is 1.38. The topological polar surface area (TPSA) is 51.6 Å². The first-order chi connectivity index (χ1) is 15.7. The average molecular weight is 431 g/mol. The van der Waals surface area contributed by atoms with Gasteiger partial charge in [0.1, 0.15) is 6.33 Å².